The van der Waals surface area contributed by atoms with Gasteiger partial charge in [0.15, 0.2) is 0 Å². The van der Waals surface area contributed by atoms with E-state index in [4.69, 9.17) is 4.42 Å². The van der Waals surface area contributed by atoms with E-state index in [9.17, 15) is 21.2 Å². The average Bonchev–Trinajstić information content (AvgIpc) is 3.13. The van der Waals surface area contributed by atoms with E-state index in [2.05, 4.69) is 9.44 Å². The van der Waals surface area contributed by atoms with Crippen LogP contribution in [0.2, 0.25) is 0 Å². The van der Waals surface area contributed by atoms with E-state index in [1.807, 2.05) is 0 Å². The number of anilines is 1. The van der Waals surface area contributed by atoms with E-state index in [1.165, 1.54) is 37.5 Å². The van der Waals surface area contributed by atoms with Crippen LogP contribution in [0.4, 0.5) is 10.1 Å². The molecule has 0 saturated heterocycles. The summed E-state index contributed by atoms with van der Waals surface area (Å²) in [7, 11) is -7.90. The number of hydrogen-bond donors (Lipinski definition) is 2. The maximum Gasteiger partial charge on any atom is 0.262 e. The fourth-order valence-corrected chi connectivity index (χ4v) is 4.83. The van der Waals surface area contributed by atoms with Crippen LogP contribution in [0.1, 0.15) is 11.3 Å². The lowest BCUT2D eigenvalue weighted by molar-refractivity contribution is 0.498. The first kappa shape index (κ1) is 20.1. The second kappa shape index (κ2) is 7.74. The van der Waals surface area contributed by atoms with Gasteiger partial charge in [-0.05, 0) is 61.0 Å². The van der Waals surface area contributed by atoms with Crippen molar-refractivity contribution >= 4 is 25.7 Å². The van der Waals surface area contributed by atoms with Crippen molar-refractivity contribution in [1.29, 1.82) is 0 Å². The molecule has 0 saturated carbocycles. The van der Waals surface area contributed by atoms with Gasteiger partial charge in [0, 0.05) is 0 Å². The van der Waals surface area contributed by atoms with Gasteiger partial charge in [-0.1, -0.05) is 6.07 Å². The van der Waals surface area contributed by atoms with Crippen molar-refractivity contribution < 1.29 is 25.6 Å². The molecule has 148 valence electrons. The summed E-state index contributed by atoms with van der Waals surface area (Å²) >= 11 is 0. The zero-order valence-electron chi connectivity index (χ0n) is 14.7. The Hall–Kier alpha value is -2.69. The van der Waals surface area contributed by atoms with Crippen molar-refractivity contribution in [2.24, 2.45) is 0 Å². The van der Waals surface area contributed by atoms with Crippen LogP contribution in [0.25, 0.3) is 0 Å². The molecule has 3 aromatic rings. The first-order chi connectivity index (χ1) is 13.2. The molecule has 0 amide bonds. The Morgan fingerprint density at radius 1 is 0.964 bits per heavy atom. The highest BCUT2D eigenvalue weighted by molar-refractivity contribution is 7.92. The number of furan rings is 1. The van der Waals surface area contributed by atoms with Crippen molar-refractivity contribution in [2.75, 3.05) is 4.72 Å². The molecule has 2 N–H and O–H groups in total. The van der Waals surface area contributed by atoms with E-state index in [0.29, 0.717) is 5.76 Å². The molecule has 7 nitrogen and oxygen atoms in total. The second-order valence-electron chi connectivity index (χ2n) is 5.95. The fraction of sp³-hybridized carbons (Fsp3) is 0.111. The molecule has 0 aliphatic rings. The monoisotopic (exact) mass is 424 g/mol. The summed E-state index contributed by atoms with van der Waals surface area (Å²) in [6, 6.07) is 11.9. The van der Waals surface area contributed by atoms with E-state index in [0.717, 1.165) is 18.2 Å². The SMILES string of the molecule is Cc1cc(F)ccc1S(=O)(=O)Nc1cccc(S(=O)(=O)NCc2ccco2)c1. The predicted octanol–water partition coefficient (Wildman–Crippen LogP) is 3.01. The topological polar surface area (TPSA) is 105 Å². The first-order valence-corrected chi connectivity index (χ1v) is 11.1. The molecule has 0 atom stereocenters. The first-order valence-electron chi connectivity index (χ1n) is 8.08. The third kappa shape index (κ3) is 4.58. The lowest BCUT2D eigenvalue weighted by atomic mass is 10.2. The number of sulfonamides is 2. The van der Waals surface area contributed by atoms with Crippen LogP contribution in [0, 0.1) is 12.7 Å². The minimum atomic E-state index is -4.02. The Morgan fingerprint density at radius 2 is 1.75 bits per heavy atom. The molecular formula is C18H17FN2O5S2. The van der Waals surface area contributed by atoms with Gasteiger partial charge < -0.3 is 4.42 Å². The van der Waals surface area contributed by atoms with Crippen LogP contribution in [-0.2, 0) is 26.6 Å². The minimum Gasteiger partial charge on any atom is -0.468 e. The molecule has 2 aromatic carbocycles. The van der Waals surface area contributed by atoms with E-state index >= 15 is 0 Å². The quantitative estimate of drug-likeness (QED) is 0.607. The number of nitrogens with one attached hydrogen (secondary N) is 2. The zero-order chi connectivity index (χ0) is 20.4. The summed E-state index contributed by atoms with van der Waals surface area (Å²) in [6.07, 6.45) is 1.43. The Balaban J connectivity index is 1.82. The molecule has 0 radical (unpaired) electrons. The largest absolute Gasteiger partial charge is 0.468 e. The van der Waals surface area contributed by atoms with Gasteiger partial charge in [0.05, 0.1) is 28.3 Å². The van der Waals surface area contributed by atoms with E-state index in [1.54, 1.807) is 12.1 Å². The van der Waals surface area contributed by atoms with Gasteiger partial charge >= 0.3 is 0 Å². The third-order valence-electron chi connectivity index (χ3n) is 3.84. The van der Waals surface area contributed by atoms with Gasteiger partial charge in [0.25, 0.3) is 10.0 Å². The van der Waals surface area contributed by atoms with Crippen molar-refractivity contribution in [3.05, 3.63) is 78.0 Å². The molecular weight excluding hydrogens is 407 g/mol. The van der Waals surface area contributed by atoms with E-state index in [-0.39, 0.29) is 27.6 Å². The summed E-state index contributed by atoms with van der Waals surface area (Å²) in [5.74, 6) is -0.112. The van der Waals surface area contributed by atoms with Crippen molar-refractivity contribution in [3.63, 3.8) is 0 Å². The molecule has 3 rings (SSSR count). The van der Waals surface area contributed by atoms with Crippen LogP contribution >= 0.6 is 0 Å². The highest BCUT2D eigenvalue weighted by Gasteiger charge is 2.19. The highest BCUT2D eigenvalue weighted by Crippen LogP contribution is 2.22. The summed E-state index contributed by atoms with van der Waals surface area (Å²) in [6.45, 7) is 1.43. The van der Waals surface area contributed by atoms with Crippen LogP contribution in [-0.4, -0.2) is 16.8 Å². The van der Waals surface area contributed by atoms with E-state index < -0.39 is 25.9 Å². The van der Waals surface area contributed by atoms with Crippen molar-refractivity contribution in [3.8, 4) is 0 Å². The summed E-state index contributed by atoms with van der Waals surface area (Å²) in [5, 5.41) is 0. The van der Waals surface area contributed by atoms with Gasteiger partial charge in [-0.15, -0.1) is 0 Å². The maximum atomic E-state index is 13.2. The predicted molar refractivity (Wildman–Crippen MR) is 101 cm³/mol. The second-order valence-corrected chi connectivity index (χ2v) is 9.36. The molecule has 10 heteroatoms. The highest BCUT2D eigenvalue weighted by atomic mass is 32.2. The molecule has 0 spiro atoms. The molecule has 0 unspecified atom stereocenters. The fourth-order valence-electron chi connectivity index (χ4n) is 2.51. The summed E-state index contributed by atoms with van der Waals surface area (Å²) in [4.78, 5) is -0.215. The minimum absolute atomic E-state index is 0.0416. The zero-order valence-corrected chi connectivity index (χ0v) is 16.3. The molecule has 0 aliphatic heterocycles. The number of halogens is 1. The lowest BCUT2D eigenvalue weighted by Gasteiger charge is -2.12. The van der Waals surface area contributed by atoms with Crippen molar-refractivity contribution in [2.45, 2.75) is 23.3 Å². The molecule has 0 aliphatic carbocycles. The summed E-state index contributed by atoms with van der Waals surface area (Å²) < 4.78 is 73.0. The van der Waals surface area contributed by atoms with Crippen molar-refractivity contribution in [1.82, 2.24) is 4.72 Å². The van der Waals surface area contributed by atoms with Gasteiger partial charge in [-0.3, -0.25) is 4.72 Å². The van der Waals surface area contributed by atoms with Crippen LogP contribution in [0.15, 0.2) is 75.1 Å². The number of benzene rings is 2. The number of hydrogen-bond acceptors (Lipinski definition) is 5. The van der Waals surface area contributed by atoms with Crippen LogP contribution in [0.5, 0.6) is 0 Å². The molecule has 1 heterocycles. The average molecular weight is 424 g/mol. The Labute approximate surface area is 162 Å². The lowest BCUT2D eigenvalue weighted by Crippen LogP contribution is -2.23. The Morgan fingerprint density at radius 3 is 2.43 bits per heavy atom. The number of rotatable bonds is 7. The maximum absolute atomic E-state index is 13.2. The van der Waals surface area contributed by atoms with Gasteiger partial charge in [0.2, 0.25) is 10.0 Å². The normalized spacial score (nSPS) is 12.1. The van der Waals surface area contributed by atoms with Crippen LogP contribution < -0.4 is 9.44 Å². The molecule has 28 heavy (non-hydrogen) atoms. The summed E-state index contributed by atoms with van der Waals surface area (Å²) in [5.41, 5.74) is 0.293. The van der Waals surface area contributed by atoms with Gasteiger partial charge in [0.1, 0.15) is 11.6 Å². The molecule has 1 aromatic heterocycles. The standard InChI is InChI=1S/C18H17FN2O5S2/c1-13-10-14(19)7-8-18(13)28(24,25)21-15-4-2-6-17(11-15)27(22,23)20-12-16-5-3-9-26-16/h2-11,20-21H,12H2,1H3. The smallest absolute Gasteiger partial charge is 0.262 e. The Bertz CT molecular complexity index is 1190. The van der Waals surface area contributed by atoms with Crippen LogP contribution in [0.3, 0.4) is 0 Å². The Kier molecular flexibility index (Phi) is 5.54. The number of aryl methyl sites for hydroxylation is 1. The van der Waals surface area contributed by atoms with Gasteiger partial charge in [-0.25, -0.2) is 25.9 Å². The molecule has 0 fully saturated rings. The third-order valence-corrected chi connectivity index (χ3v) is 6.78. The van der Waals surface area contributed by atoms with Gasteiger partial charge in [-0.2, -0.15) is 0 Å². The molecule has 0 bridgehead atoms.